The highest BCUT2D eigenvalue weighted by molar-refractivity contribution is 6.09. The number of rotatable bonds is 6. The molecule has 6 N–H and O–H groups in total. The summed E-state index contributed by atoms with van der Waals surface area (Å²) >= 11 is 0. The second-order valence-electron chi connectivity index (χ2n) is 14.0. The normalized spacial score (nSPS) is 38.3. The van der Waals surface area contributed by atoms with Crippen LogP contribution in [0, 0.1) is 28.6 Å². The number of fused-ring (bicyclic) bond motifs is 5. The Hall–Kier alpha value is -3.94. The highest BCUT2D eigenvalue weighted by Gasteiger charge is 2.71. The summed E-state index contributed by atoms with van der Waals surface area (Å²) in [5, 5.41) is 42.4. The van der Waals surface area contributed by atoms with E-state index >= 15 is 0 Å². The van der Waals surface area contributed by atoms with Crippen LogP contribution in [0.4, 0.5) is 5.82 Å². The van der Waals surface area contributed by atoms with Crippen molar-refractivity contribution in [2.75, 3.05) is 11.9 Å². The van der Waals surface area contributed by atoms with Gasteiger partial charge in [-0.15, -0.1) is 0 Å². The van der Waals surface area contributed by atoms with Gasteiger partial charge in [-0.25, -0.2) is 20.2 Å². The highest BCUT2D eigenvalue weighted by atomic mass is 16.5. The molecule has 4 saturated carbocycles. The van der Waals surface area contributed by atoms with E-state index in [0.717, 1.165) is 12.0 Å². The van der Waals surface area contributed by atoms with Gasteiger partial charge in [-0.3, -0.25) is 9.59 Å². The lowest BCUT2D eigenvalue weighted by molar-refractivity contribution is -0.237. The average Bonchev–Trinajstić information content (AvgIpc) is 3.75. The maximum absolute atomic E-state index is 13.2. The van der Waals surface area contributed by atoms with Gasteiger partial charge in [-0.05, 0) is 86.8 Å². The highest BCUT2D eigenvalue weighted by Crippen LogP contribution is 2.70. The van der Waals surface area contributed by atoms with Crippen molar-refractivity contribution in [3.05, 3.63) is 53.8 Å². The van der Waals surface area contributed by atoms with Crippen LogP contribution < -0.4 is 10.7 Å². The van der Waals surface area contributed by atoms with E-state index in [2.05, 4.69) is 37.7 Å². The second kappa shape index (κ2) is 11.1. The number of aromatic amines is 1. The van der Waals surface area contributed by atoms with E-state index in [1.54, 1.807) is 30.5 Å². The molecule has 0 unspecified atom stereocenters. The number of H-pyrrole nitrogens is 1. The van der Waals surface area contributed by atoms with Gasteiger partial charge in [0.1, 0.15) is 18.1 Å². The van der Waals surface area contributed by atoms with Gasteiger partial charge in [0.15, 0.2) is 5.69 Å². The predicted octanol–water partition coefficient (Wildman–Crippen LogP) is 2.49. The van der Waals surface area contributed by atoms with Gasteiger partial charge < -0.3 is 30.4 Å². The van der Waals surface area contributed by atoms with E-state index in [-0.39, 0.29) is 48.1 Å². The van der Waals surface area contributed by atoms with Crippen molar-refractivity contribution >= 4 is 29.8 Å². The molecule has 0 spiro atoms. The molecule has 0 aromatic carbocycles. The Morgan fingerprint density at radius 1 is 1.07 bits per heavy atom. The molecule has 8 atom stereocenters. The fourth-order valence-corrected chi connectivity index (χ4v) is 9.87. The van der Waals surface area contributed by atoms with Crippen molar-refractivity contribution in [3.63, 3.8) is 0 Å². The number of cyclic esters (lactones) is 1. The molecule has 13 heteroatoms. The molecule has 46 heavy (non-hydrogen) atoms. The van der Waals surface area contributed by atoms with Crippen molar-refractivity contribution in [1.29, 1.82) is 0 Å². The maximum Gasteiger partial charge on any atom is 0.331 e. The Bertz CT molecular complexity index is 1610. The van der Waals surface area contributed by atoms with Gasteiger partial charge >= 0.3 is 5.97 Å². The number of aliphatic hydroxyl groups excluding tert-OH is 1. The largest absolute Gasteiger partial charge is 0.458 e. The monoisotopic (exact) mass is 632 g/mol. The summed E-state index contributed by atoms with van der Waals surface area (Å²) in [7, 11) is 0. The van der Waals surface area contributed by atoms with Crippen LogP contribution in [0.5, 0.6) is 0 Å². The third-order valence-corrected chi connectivity index (χ3v) is 12.1. The quantitative estimate of drug-likeness (QED) is 0.157. The molecule has 3 heterocycles. The van der Waals surface area contributed by atoms with Crippen molar-refractivity contribution < 1.29 is 34.4 Å². The van der Waals surface area contributed by atoms with Gasteiger partial charge in [0.2, 0.25) is 0 Å². The zero-order valence-corrected chi connectivity index (χ0v) is 25.7. The van der Waals surface area contributed by atoms with E-state index in [1.165, 1.54) is 12.5 Å². The number of carbonyl (C=O) groups is 3. The van der Waals surface area contributed by atoms with Gasteiger partial charge in [-0.2, -0.15) is 5.10 Å². The number of aliphatic hydroxyl groups is 3. The smallest absolute Gasteiger partial charge is 0.331 e. The Labute approximate surface area is 265 Å². The van der Waals surface area contributed by atoms with Crippen LogP contribution in [-0.4, -0.2) is 78.2 Å². The van der Waals surface area contributed by atoms with Gasteiger partial charge in [0.25, 0.3) is 11.8 Å². The Balaban J connectivity index is 1.15. The van der Waals surface area contributed by atoms with Crippen LogP contribution in [0.3, 0.4) is 0 Å². The molecule has 2 amide bonds. The molecular weight excluding hydrogens is 592 g/mol. The molecule has 0 radical (unpaired) electrons. The number of esters is 1. The first-order chi connectivity index (χ1) is 22.0. The summed E-state index contributed by atoms with van der Waals surface area (Å²) in [5.74, 6) is -1.59. The molecule has 244 valence electrons. The first kappa shape index (κ1) is 30.7. The molecule has 7 rings (SSSR count). The Morgan fingerprint density at radius 3 is 2.65 bits per heavy atom. The summed E-state index contributed by atoms with van der Waals surface area (Å²) in [4.78, 5) is 48.8. The molecule has 0 saturated heterocycles. The number of anilines is 1. The number of hydrazone groups is 1. The first-order valence-corrected chi connectivity index (χ1v) is 16.1. The minimum atomic E-state index is -1.28. The summed E-state index contributed by atoms with van der Waals surface area (Å²) < 4.78 is 5.24. The number of hydrogen-bond acceptors (Lipinski definition) is 10. The van der Waals surface area contributed by atoms with Gasteiger partial charge in [0.05, 0.1) is 23.6 Å². The van der Waals surface area contributed by atoms with Crippen LogP contribution >= 0.6 is 0 Å². The number of pyridine rings is 1. The van der Waals surface area contributed by atoms with Gasteiger partial charge in [0, 0.05) is 35.7 Å². The predicted molar refractivity (Wildman–Crippen MR) is 164 cm³/mol. The third kappa shape index (κ3) is 4.62. The number of ether oxygens (including phenoxy) is 1. The third-order valence-electron chi connectivity index (χ3n) is 12.1. The number of amides is 2. The molecular formula is C33H40N6O7. The fourth-order valence-electron chi connectivity index (χ4n) is 9.87. The average molecular weight is 633 g/mol. The zero-order chi connectivity index (χ0) is 32.3. The molecule has 2 aromatic heterocycles. The van der Waals surface area contributed by atoms with E-state index in [9.17, 15) is 29.7 Å². The lowest BCUT2D eigenvalue weighted by Gasteiger charge is -2.65. The number of imidazole rings is 1. The molecule has 4 aliphatic carbocycles. The van der Waals surface area contributed by atoms with Crippen molar-refractivity contribution in [3.8, 4) is 0 Å². The van der Waals surface area contributed by atoms with E-state index < -0.39 is 40.0 Å². The fraction of sp³-hybridized carbons (Fsp3) is 0.576. The number of nitrogens with zero attached hydrogens (tertiary/aromatic N) is 3. The van der Waals surface area contributed by atoms with E-state index in [4.69, 9.17) is 4.74 Å². The second-order valence-corrected chi connectivity index (χ2v) is 14.0. The first-order valence-electron chi connectivity index (χ1n) is 16.1. The van der Waals surface area contributed by atoms with Gasteiger partial charge in [-0.1, -0.05) is 13.0 Å². The Kier molecular flexibility index (Phi) is 7.41. The van der Waals surface area contributed by atoms with Crippen LogP contribution in [0.1, 0.15) is 85.7 Å². The summed E-state index contributed by atoms with van der Waals surface area (Å²) in [6, 6.07) is 5.06. The number of hydrogen-bond donors (Lipinski definition) is 6. The van der Waals surface area contributed by atoms with E-state index in [1.807, 2.05) is 0 Å². The zero-order valence-electron chi connectivity index (χ0n) is 25.7. The standard InChI is InChI=1S/C33H40N6O7/c1-30-9-6-22-23(33(30,45)12-8-21(30)19-14-25(41)46-16-19)7-11-32(44)15-20(40)5-10-31(22,32)17-37-39-29(43)27-26(35-18-36-27)28(42)38-24-4-2-3-13-34-24/h2-4,13-14,17-18,20-23,40,44-45H,5-12,15-16H2,1H3,(H,35,36)(H,39,43)(H,34,38,42)/b37-17+/t20-,21-,22+,23-,30-,31+,32+,33-/m1/s1. The number of carbonyl (C=O) groups excluding carboxylic acids is 3. The summed E-state index contributed by atoms with van der Waals surface area (Å²) in [6.45, 7) is 2.39. The van der Waals surface area contributed by atoms with Crippen molar-refractivity contribution in [1.82, 2.24) is 20.4 Å². The molecule has 4 fully saturated rings. The van der Waals surface area contributed by atoms with Crippen LogP contribution in [-0.2, 0) is 9.53 Å². The molecule has 13 nitrogen and oxygen atoms in total. The minimum Gasteiger partial charge on any atom is -0.458 e. The van der Waals surface area contributed by atoms with E-state index in [0.29, 0.717) is 50.8 Å². The van der Waals surface area contributed by atoms with Crippen molar-refractivity contribution in [2.45, 2.75) is 82.0 Å². The summed E-state index contributed by atoms with van der Waals surface area (Å²) in [5.41, 5.74) is -0.423. The topological polar surface area (TPSA) is 199 Å². The minimum absolute atomic E-state index is 0.0284. The number of nitrogens with one attached hydrogen (secondary N) is 3. The van der Waals surface area contributed by atoms with Crippen LogP contribution in [0.25, 0.3) is 0 Å². The molecule has 1 aliphatic heterocycles. The summed E-state index contributed by atoms with van der Waals surface area (Å²) in [6.07, 6.45) is 10.1. The van der Waals surface area contributed by atoms with Crippen molar-refractivity contribution in [2.24, 2.45) is 33.7 Å². The van der Waals surface area contributed by atoms with Crippen LogP contribution in [0.15, 0.2) is 47.5 Å². The van der Waals surface area contributed by atoms with Crippen LogP contribution in [0.2, 0.25) is 0 Å². The Morgan fingerprint density at radius 2 is 1.89 bits per heavy atom. The maximum atomic E-state index is 13.2. The molecule has 0 bridgehead atoms. The number of aromatic nitrogens is 3. The lowest BCUT2D eigenvalue weighted by Crippen LogP contribution is -2.68. The molecule has 2 aromatic rings. The lowest BCUT2D eigenvalue weighted by atomic mass is 9.41. The molecule has 5 aliphatic rings. The SMILES string of the molecule is C[C@]12CC[C@H]3[C@@H](CC[C@]4(O)C[C@H](O)CC[C@]34/C=N/NC(=O)c3nc[nH]c3C(=O)Nc3ccccn3)[C@]1(O)CC[C@@H]2C1=CC(=O)OC1.